The first-order valence-electron chi connectivity index (χ1n) is 1.20. The van der Waals surface area contributed by atoms with E-state index in [1.165, 1.54) is 0 Å². The van der Waals surface area contributed by atoms with Crippen molar-refractivity contribution in [3.8, 4) is 0 Å². The first-order chi connectivity index (χ1) is 2.64. The van der Waals surface area contributed by atoms with Gasteiger partial charge in [-0.25, -0.2) is 0 Å². The van der Waals surface area contributed by atoms with Gasteiger partial charge >= 0.3 is 0 Å². The van der Waals surface area contributed by atoms with Crippen LogP contribution < -0.4 is 5.73 Å². The van der Waals surface area contributed by atoms with Gasteiger partial charge in [-0.05, 0) is 0 Å². The van der Waals surface area contributed by atoms with Gasteiger partial charge in [0.2, 0.25) is 5.78 Å². The minimum absolute atomic E-state index is 1.21. The molecule has 0 spiro atoms. The van der Waals surface area contributed by atoms with Gasteiger partial charge in [-0.15, -0.1) is 0 Å². The molecule has 0 aliphatic rings. The summed E-state index contributed by atoms with van der Waals surface area (Å²) in [4.78, 5) is 18.7. The molecule has 1 amide bonds. The fraction of sp³-hybridized carbons (Fsp3) is 0. The predicted octanol–water partition coefficient (Wildman–Crippen LogP) is -1.37. The lowest BCUT2D eigenvalue weighted by molar-refractivity contribution is -0.133. The van der Waals surface area contributed by atoms with E-state index in [1.54, 1.807) is 0 Å². The SMILES string of the molecule is [C]C(=O)C(N)=O. The maximum absolute atomic E-state index is 9.38. The molecule has 3 nitrogen and oxygen atoms in total. The first kappa shape index (κ1) is 5.14. The topological polar surface area (TPSA) is 60.2 Å². The highest BCUT2D eigenvalue weighted by Crippen LogP contribution is 1.56. The second-order valence-electron chi connectivity index (χ2n) is 0.693. The Balaban J connectivity index is 3.57. The van der Waals surface area contributed by atoms with E-state index in [9.17, 15) is 9.59 Å². The molecular formula is C3H2NO2. The second-order valence-corrected chi connectivity index (χ2v) is 0.693. The number of rotatable bonds is 1. The molecule has 6 heavy (non-hydrogen) atoms. The molecule has 0 aliphatic heterocycles. The zero-order valence-corrected chi connectivity index (χ0v) is 2.89. The maximum Gasteiger partial charge on any atom is 0.285 e. The molecule has 3 heteroatoms. The summed E-state index contributed by atoms with van der Waals surface area (Å²) in [5.74, 6) is -2.56. The van der Waals surface area contributed by atoms with Gasteiger partial charge in [0.25, 0.3) is 5.91 Å². The highest BCUT2D eigenvalue weighted by Gasteiger charge is 1.96. The molecule has 3 radical (unpaired) electrons. The highest BCUT2D eigenvalue weighted by molar-refractivity contribution is 6.37. The van der Waals surface area contributed by atoms with Crippen molar-refractivity contribution >= 4 is 11.7 Å². The van der Waals surface area contributed by atoms with E-state index in [2.05, 4.69) is 5.73 Å². The van der Waals surface area contributed by atoms with Crippen LogP contribution in [0.15, 0.2) is 0 Å². The lowest BCUT2D eigenvalue weighted by Gasteiger charge is -1.73. The average Bonchev–Trinajstić information content (AvgIpc) is 1.36. The minimum Gasteiger partial charge on any atom is -0.363 e. The number of Topliss-reactive ketones (excluding diaryl/α,β-unsaturated/α-hetero) is 1. The Hall–Kier alpha value is -0.860. The number of amides is 1. The summed E-state index contributed by atoms with van der Waals surface area (Å²) in [6, 6.07) is 0. The van der Waals surface area contributed by atoms with Crippen LogP contribution in [0.3, 0.4) is 0 Å². The molecule has 0 saturated carbocycles. The number of primary amides is 1. The molecule has 0 fully saturated rings. The zero-order valence-electron chi connectivity index (χ0n) is 2.89. The Bertz CT molecular complexity index is 74.8. The van der Waals surface area contributed by atoms with Crippen LogP contribution in [-0.4, -0.2) is 11.7 Å². The molecule has 0 aromatic heterocycles. The fourth-order valence-electron chi connectivity index (χ4n) is 0. The summed E-state index contributed by atoms with van der Waals surface area (Å²) < 4.78 is 0. The van der Waals surface area contributed by atoms with E-state index in [4.69, 9.17) is 6.92 Å². The zero-order chi connectivity index (χ0) is 5.15. The predicted molar refractivity (Wildman–Crippen MR) is 17.4 cm³/mol. The van der Waals surface area contributed by atoms with Gasteiger partial charge in [0.1, 0.15) is 0 Å². The molecule has 0 unspecified atom stereocenters. The Morgan fingerprint density at radius 1 is 1.50 bits per heavy atom. The lowest BCUT2D eigenvalue weighted by atomic mass is 10.4. The van der Waals surface area contributed by atoms with Gasteiger partial charge in [-0.3, -0.25) is 9.59 Å². The van der Waals surface area contributed by atoms with E-state index < -0.39 is 11.7 Å². The summed E-state index contributed by atoms with van der Waals surface area (Å²) in [5, 5.41) is 0. The van der Waals surface area contributed by atoms with Crippen LogP contribution >= 0.6 is 0 Å². The molecule has 0 aromatic carbocycles. The standard InChI is InChI=1S/C3H2NO2/c1-2(5)3(4)6/h(H2,4,6). The van der Waals surface area contributed by atoms with Crippen molar-refractivity contribution in [2.75, 3.05) is 0 Å². The van der Waals surface area contributed by atoms with E-state index in [0.29, 0.717) is 0 Å². The molecule has 0 bridgehead atoms. The van der Waals surface area contributed by atoms with Crippen molar-refractivity contribution in [3.63, 3.8) is 0 Å². The van der Waals surface area contributed by atoms with Crippen LogP contribution in [-0.2, 0) is 9.59 Å². The molecular weight excluding hydrogens is 82.0 g/mol. The van der Waals surface area contributed by atoms with Crippen molar-refractivity contribution in [3.05, 3.63) is 6.92 Å². The van der Waals surface area contributed by atoms with Gasteiger partial charge in [-0.2, -0.15) is 0 Å². The van der Waals surface area contributed by atoms with Crippen LogP contribution in [0.4, 0.5) is 0 Å². The number of carbonyl (C=O) groups is 2. The number of carbonyl (C=O) groups excluding carboxylic acids is 2. The van der Waals surface area contributed by atoms with Crippen LogP contribution in [0, 0.1) is 6.92 Å². The summed E-state index contributed by atoms with van der Waals surface area (Å²) in [6.45, 7) is 5.92. The quantitative estimate of drug-likeness (QED) is 0.398. The van der Waals surface area contributed by atoms with Crippen LogP contribution in [0.1, 0.15) is 0 Å². The number of hydrogen-bond acceptors (Lipinski definition) is 2. The Morgan fingerprint density at radius 2 is 1.67 bits per heavy atom. The highest BCUT2D eigenvalue weighted by atomic mass is 16.2. The van der Waals surface area contributed by atoms with Gasteiger partial charge in [-0.1, -0.05) is 0 Å². The summed E-state index contributed by atoms with van der Waals surface area (Å²) >= 11 is 0. The molecule has 0 rings (SSSR count). The third-order valence-corrected chi connectivity index (χ3v) is 0.224. The van der Waals surface area contributed by atoms with Gasteiger partial charge in [0.05, 0.1) is 6.92 Å². The van der Waals surface area contributed by atoms with Gasteiger partial charge in [0, 0.05) is 0 Å². The normalized spacial score (nSPS) is 7.50. The summed E-state index contributed by atoms with van der Waals surface area (Å²) in [5.41, 5.74) is 4.26. The van der Waals surface area contributed by atoms with Crippen molar-refractivity contribution in [2.24, 2.45) is 5.73 Å². The molecule has 31 valence electrons. The van der Waals surface area contributed by atoms with E-state index in [-0.39, 0.29) is 0 Å². The largest absolute Gasteiger partial charge is 0.363 e. The first-order valence-corrected chi connectivity index (χ1v) is 1.20. The van der Waals surface area contributed by atoms with Crippen molar-refractivity contribution in [2.45, 2.75) is 0 Å². The number of hydrogen-bond donors (Lipinski definition) is 1. The summed E-state index contributed by atoms with van der Waals surface area (Å²) in [6.07, 6.45) is 0. The molecule has 0 aromatic rings. The molecule has 0 aliphatic carbocycles. The van der Waals surface area contributed by atoms with Crippen molar-refractivity contribution < 1.29 is 9.59 Å². The monoisotopic (exact) mass is 84.0 g/mol. The summed E-state index contributed by atoms with van der Waals surface area (Å²) in [7, 11) is 0. The fourth-order valence-corrected chi connectivity index (χ4v) is 0. The smallest absolute Gasteiger partial charge is 0.285 e. The van der Waals surface area contributed by atoms with E-state index >= 15 is 0 Å². The molecule has 2 N–H and O–H groups in total. The second kappa shape index (κ2) is 1.55. The molecule has 0 saturated heterocycles. The Labute approximate surface area is 35.1 Å². The lowest BCUT2D eigenvalue weighted by Crippen LogP contribution is -2.19. The van der Waals surface area contributed by atoms with Gasteiger partial charge < -0.3 is 5.73 Å². The van der Waals surface area contributed by atoms with Crippen molar-refractivity contribution in [1.82, 2.24) is 0 Å². The number of ketones is 1. The van der Waals surface area contributed by atoms with Crippen LogP contribution in [0.25, 0.3) is 0 Å². The van der Waals surface area contributed by atoms with Crippen molar-refractivity contribution in [1.29, 1.82) is 0 Å². The van der Waals surface area contributed by atoms with Crippen LogP contribution in [0.2, 0.25) is 0 Å². The van der Waals surface area contributed by atoms with E-state index in [1.807, 2.05) is 0 Å². The minimum atomic E-state index is -1.35. The molecule has 0 atom stereocenters. The van der Waals surface area contributed by atoms with Gasteiger partial charge in [0.15, 0.2) is 0 Å². The molecule has 0 heterocycles. The average molecular weight is 84.1 g/mol. The number of nitrogens with two attached hydrogens (primary N) is 1. The third kappa shape index (κ3) is 1.46. The Morgan fingerprint density at radius 3 is 1.67 bits per heavy atom. The Kier molecular flexibility index (Phi) is 1.32. The maximum atomic E-state index is 9.38. The van der Waals surface area contributed by atoms with E-state index in [0.717, 1.165) is 0 Å². The third-order valence-electron chi connectivity index (χ3n) is 0.224. The van der Waals surface area contributed by atoms with Crippen LogP contribution in [0.5, 0.6) is 0 Å².